The minimum atomic E-state index is -0.177. The Labute approximate surface area is 130 Å². The van der Waals surface area contributed by atoms with Crippen LogP contribution in [-0.2, 0) is 4.74 Å². The predicted octanol–water partition coefficient (Wildman–Crippen LogP) is 2.90. The lowest BCUT2D eigenvalue weighted by atomic mass is 10.2. The largest absolute Gasteiger partial charge is 0.385 e. The molecule has 0 saturated carbocycles. The highest BCUT2D eigenvalue weighted by atomic mass is 16.5. The molecular weight excluding hydrogens is 278 g/mol. The number of amides is 1. The molecule has 0 aliphatic carbocycles. The van der Waals surface area contributed by atoms with E-state index < -0.39 is 0 Å². The Morgan fingerprint density at radius 3 is 2.82 bits per heavy atom. The molecule has 5 heteroatoms. The third-order valence-corrected chi connectivity index (χ3v) is 3.11. The first-order valence-corrected chi connectivity index (χ1v) is 7.26. The molecule has 0 fully saturated rings. The fourth-order valence-electron chi connectivity index (χ4n) is 2.03. The molecule has 5 nitrogen and oxygen atoms in total. The highest BCUT2D eigenvalue weighted by Gasteiger charge is 2.07. The van der Waals surface area contributed by atoms with Crippen LogP contribution in [0, 0.1) is 6.92 Å². The molecule has 0 radical (unpaired) electrons. The van der Waals surface area contributed by atoms with Crippen LogP contribution in [0.1, 0.15) is 22.5 Å². The second kappa shape index (κ2) is 8.14. The number of ether oxygens (including phenoxy) is 1. The standard InChI is InChI=1S/C17H21N3O2/c1-13-5-3-6-14(11-13)20-15-7-9-18-16(12-15)17(21)19-8-4-10-22-2/h3,5-7,9,11-12H,4,8,10H2,1-2H3,(H,18,20)(H,19,21). The molecular formula is C17H21N3O2. The van der Waals surface area contributed by atoms with Crippen molar-refractivity contribution in [3.63, 3.8) is 0 Å². The van der Waals surface area contributed by atoms with Crippen LogP contribution in [0.5, 0.6) is 0 Å². The molecule has 22 heavy (non-hydrogen) atoms. The Kier molecular flexibility index (Phi) is 5.91. The van der Waals surface area contributed by atoms with E-state index >= 15 is 0 Å². The highest BCUT2D eigenvalue weighted by molar-refractivity contribution is 5.93. The number of rotatable bonds is 7. The van der Waals surface area contributed by atoms with E-state index in [1.54, 1.807) is 19.4 Å². The molecule has 0 saturated heterocycles. The molecule has 1 amide bonds. The number of hydrogen-bond donors (Lipinski definition) is 2. The van der Waals surface area contributed by atoms with E-state index in [0.717, 1.165) is 17.8 Å². The molecule has 0 spiro atoms. The number of nitrogens with zero attached hydrogens (tertiary/aromatic N) is 1. The normalized spacial score (nSPS) is 10.3. The Balaban J connectivity index is 1.98. The van der Waals surface area contributed by atoms with Gasteiger partial charge in [-0.1, -0.05) is 12.1 Å². The fraction of sp³-hybridized carbons (Fsp3) is 0.294. The number of anilines is 2. The van der Waals surface area contributed by atoms with E-state index in [2.05, 4.69) is 15.6 Å². The molecule has 2 rings (SSSR count). The fourth-order valence-corrected chi connectivity index (χ4v) is 2.03. The van der Waals surface area contributed by atoms with Gasteiger partial charge in [-0.05, 0) is 43.2 Å². The van der Waals surface area contributed by atoms with Gasteiger partial charge in [0.05, 0.1) is 0 Å². The number of pyridine rings is 1. The number of hydrogen-bond acceptors (Lipinski definition) is 4. The Bertz CT molecular complexity index is 629. The van der Waals surface area contributed by atoms with Crippen molar-refractivity contribution >= 4 is 17.3 Å². The molecule has 1 aromatic carbocycles. The summed E-state index contributed by atoms with van der Waals surface area (Å²) >= 11 is 0. The topological polar surface area (TPSA) is 63.2 Å². The molecule has 0 bridgehead atoms. The number of carbonyl (C=O) groups excluding carboxylic acids is 1. The molecule has 1 aromatic heterocycles. The van der Waals surface area contributed by atoms with E-state index in [1.165, 1.54) is 5.56 Å². The van der Waals surface area contributed by atoms with Gasteiger partial charge in [-0.2, -0.15) is 0 Å². The lowest BCUT2D eigenvalue weighted by Gasteiger charge is -2.09. The summed E-state index contributed by atoms with van der Waals surface area (Å²) in [6, 6.07) is 11.6. The first kappa shape index (κ1) is 16.0. The van der Waals surface area contributed by atoms with Crippen LogP contribution in [0.4, 0.5) is 11.4 Å². The third-order valence-electron chi connectivity index (χ3n) is 3.11. The molecule has 1 heterocycles. The van der Waals surface area contributed by atoms with Crippen molar-refractivity contribution in [2.75, 3.05) is 25.6 Å². The number of aryl methyl sites for hydroxylation is 1. The van der Waals surface area contributed by atoms with E-state index in [9.17, 15) is 4.79 Å². The Morgan fingerprint density at radius 2 is 2.05 bits per heavy atom. The van der Waals surface area contributed by atoms with Gasteiger partial charge in [0.2, 0.25) is 0 Å². The summed E-state index contributed by atoms with van der Waals surface area (Å²) in [4.78, 5) is 16.1. The summed E-state index contributed by atoms with van der Waals surface area (Å²) in [5.74, 6) is -0.177. The molecule has 2 N–H and O–H groups in total. The van der Waals surface area contributed by atoms with Gasteiger partial charge < -0.3 is 15.4 Å². The Morgan fingerprint density at radius 1 is 1.23 bits per heavy atom. The summed E-state index contributed by atoms with van der Waals surface area (Å²) in [7, 11) is 1.64. The maximum absolute atomic E-state index is 12.0. The van der Waals surface area contributed by atoms with Crippen molar-refractivity contribution < 1.29 is 9.53 Å². The number of aromatic nitrogens is 1. The van der Waals surface area contributed by atoms with Gasteiger partial charge in [-0.25, -0.2) is 0 Å². The lowest BCUT2D eigenvalue weighted by molar-refractivity contribution is 0.0943. The first-order chi connectivity index (χ1) is 10.7. The first-order valence-electron chi connectivity index (χ1n) is 7.26. The Hall–Kier alpha value is -2.40. The van der Waals surface area contributed by atoms with Gasteiger partial charge in [-0.3, -0.25) is 9.78 Å². The molecule has 0 unspecified atom stereocenters. The highest BCUT2D eigenvalue weighted by Crippen LogP contribution is 2.17. The van der Waals surface area contributed by atoms with E-state index in [1.807, 2.05) is 37.3 Å². The minimum Gasteiger partial charge on any atom is -0.385 e. The van der Waals surface area contributed by atoms with Crippen LogP contribution in [0.2, 0.25) is 0 Å². The van der Waals surface area contributed by atoms with Crippen molar-refractivity contribution in [2.45, 2.75) is 13.3 Å². The van der Waals surface area contributed by atoms with Gasteiger partial charge >= 0.3 is 0 Å². The van der Waals surface area contributed by atoms with Crippen LogP contribution < -0.4 is 10.6 Å². The van der Waals surface area contributed by atoms with Gasteiger partial charge in [-0.15, -0.1) is 0 Å². The van der Waals surface area contributed by atoms with Crippen molar-refractivity contribution in [1.82, 2.24) is 10.3 Å². The van der Waals surface area contributed by atoms with Crippen LogP contribution in [-0.4, -0.2) is 31.2 Å². The molecule has 0 aliphatic rings. The summed E-state index contributed by atoms with van der Waals surface area (Å²) in [6.45, 7) is 3.24. The SMILES string of the molecule is COCCCNC(=O)c1cc(Nc2cccc(C)c2)ccn1. The summed E-state index contributed by atoms with van der Waals surface area (Å²) < 4.78 is 4.95. The van der Waals surface area contributed by atoms with Crippen molar-refractivity contribution in [3.05, 3.63) is 53.9 Å². The van der Waals surface area contributed by atoms with Gasteiger partial charge in [0.25, 0.3) is 5.91 Å². The summed E-state index contributed by atoms with van der Waals surface area (Å²) in [5, 5.41) is 6.10. The van der Waals surface area contributed by atoms with Crippen LogP contribution in [0.3, 0.4) is 0 Å². The lowest BCUT2D eigenvalue weighted by Crippen LogP contribution is -2.26. The van der Waals surface area contributed by atoms with Crippen LogP contribution in [0.15, 0.2) is 42.6 Å². The van der Waals surface area contributed by atoms with Crippen LogP contribution in [0.25, 0.3) is 0 Å². The molecule has 116 valence electrons. The number of benzene rings is 1. The second-order valence-corrected chi connectivity index (χ2v) is 5.03. The summed E-state index contributed by atoms with van der Waals surface area (Å²) in [6.07, 6.45) is 2.41. The zero-order valence-corrected chi connectivity index (χ0v) is 12.9. The summed E-state index contributed by atoms with van der Waals surface area (Å²) in [5.41, 5.74) is 3.39. The zero-order valence-electron chi connectivity index (χ0n) is 12.9. The van der Waals surface area contributed by atoms with E-state index in [4.69, 9.17) is 4.74 Å². The molecule has 2 aromatic rings. The monoisotopic (exact) mass is 299 g/mol. The number of carbonyl (C=O) groups is 1. The average molecular weight is 299 g/mol. The minimum absolute atomic E-state index is 0.177. The van der Waals surface area contributed by atoms with E-state index in [0.29, 0.717) is 18.8 Å². The van der Waals surface area contributed by atoms with Gasteiger partial charge in [0.15, 0.2) is 0 Å². The maximum Gasteiger partial charge on any atom is 0.269 e. The van der Waals surface area contributed by atoms with Crippen LogP contribution >= 0.6 is 0 Å². The van der Waals surface area contributed by atoms with Gasteiger partial charge in [0, 0.05) is 37.8 Å². The van der Waals surface area contributed by atoms with Crippen molar-refractivity contribution in [3.8, 4) is 0 Å². The second-order valence-electron chi connectivity index (χ2n) is 5.03. The maximum atomic E-state index is 12.0. The van der Waals surface area contributed by atoms with Crippen molar-refractivity contribution in [1.29, 1.82) is 0 Å². The van der Waals surface area contributed by atoms with E-state index in [-0.39, 0.29) is 5.91 Å². The average Bonchev–Trinajstić information content (AvgIpc) is 2.52. The predicted molar refractivity (Wildman–Crippen MR) is 87.5 cm³/mol. The smallest absolute Gasteiger partial charge is 0.269 e. The quantitative estimate of drug-likeness (QED) is 0.772. The zero-order chi connectivity index (χ0) is 15.8. The molecule has 0 atom stereocenters. The van der Waals surface area contributed by atoms with Crippen molar-refractivity contribution in [2.24, 2.45) is 0 Å². The number of nitrogens with one attached hydrogen (secondary N) is 2. The third kappa shape index (κ3) is 4.86. The van der Waals surface area contributed by atoms with Gasteiger partial charge in [0.1, 0.15) is 5.69 Å². The number of methoxy groups -OCH3 is 1. The molecule has 0 aliphatic heterocycles.